The molecule has 2 aromatic rings. The number of aliphatic hydroxyl groups is 1. The van der Waals surface area contributed by atoms with Gasteiger partial charge < -0.3 is 15.5 Å². The molecule has 0 bridgehead atoms. The molecule has 2 unspecified atom stereocenters. The molecule has 114 valence electrons. The van der Waals surface area contributed by atoms with Gasteiger partial charge in [-0.25, -0.2) is 4.79 Å². The Kier molecular flexibility index (Phi) is 5.30. The summed E-state index contributed by atoms with van der Waals surface area (Å²) in [5.74, 6) is -1.86. The van der Waals surface area contributed by atoms with Crippen LogP contribution in [0.4, 0.5) is 0 Å². The number of carbonyl (C=O) groups is 2. The lowest BCUT2D eigenvalue weighted by atomic mass is 10.0. The number of aliphatic hydroxyl groups excluding tert-OH is 1. The van der Waals surface area contributed by atoms with E-state index in [1.54, 1.807) is 54.6 Å². The molecule has 0 spiro atoms. The molecule has 2 atom stereocenters. The predicted octanol–water partition coefficient (Wildman–Crippen LogP) is 2.37. The molecular weight excluding hydrogens is 350 g/mol. The first kappa shape index (κ1) is 16.2. The quantitative estimate of drug-likeness (QED) is 0.760. The van der Waals surface area contributed by atoms with Gasteiger partial charge in [0.05, 0.1) is 0 Å². The number of hydrogen-bond donors (Lipinski definition) is 3. The summed E-state index contributed by atoms with van der Waals surface area (Å²) >= 11 is 3.26. The predicted molar refractivity (Wildman–Crippen MR) is 84.4 cm³/mol. The number of carboxylic acids is 1. The fourth-order valence-electron chi connectivity index (χ4n) is 1.94. The van der Waals surface area contributed by atoms with Crippen molar-refractivity contribution in [2.45, 2.75) is 12.1 Å². The molecule has 0 radical (unpaired) electrons. The molecule has 6 heteroatoms. The van der Waals surface area contributed by atoms with Crippen molar-refractivity contribution in [3.63, 3.8) is 0 Å². The molecule has 22 heavy (non-hydrogen) atoms. The second kappa shape index (κ2) is 7.20. The maximum absolute atomic E-state index is 12.1. The minimum absolute atomic E-state index is 0.315. The van der Waals surface area contributed by atoms with Crippen molar-refractivity contribution in [2.24, 2.45) is 0 Å². The van der Waals surface area contributed by atoms with Crippen molar-refractivity contribution >= 4 is 27.8 Å². The van der Waals surface area contributed by atoms with E-state index in [1.807, 2.05) is 0 Å². The average molecular weight is 364 g/mol. The Morgan fingerprint density at radius 3 is 2.14 bits per heavy atom. The number of amides is 1. The van der Waals surface area contributed by atoms with E-state index >= 15 is 0 Å². The number of halogens is 1. The lowest BCUT2D eigenvalue weighted by Crippen LogP contribution is -2.45. The first-order valence-corrected chi connectivity index (χ1v) is 7.30. The molecule has 0 aliphatic heterocycles. The van der Waals surface area contributed by atoms with Crippen LogP contribution in [0.15, 0.2) is 59.1 Å². The highest BCUT2D eigenvalue weighted by Gasteiger charge is 2.29. The van der Waals surface area contributed by atoms with Crippen molar-refractivity contribution in [2.75, 3.05) is 0 Å². The fourth-order valence-corrected chi connectivity index (χ4v) is 2.21. The third-order valence-electron chi connectivity index (χ3n) is 3.12. The highest BCUT2D eigenvalue weighted by Crippen LogP contribution is 2.17. The first-order valence-electron chi connectivity index (χ1n) is 6.51. The molecule has 0 aromatic heterocycles. The van der Waals surface area contributed by atoms with Crippen LogP contribution in [0, 0.1) is 0 Å². The minimum Gasteiger partial charge on any atom is -0.480 e. The maximum Gasteiger partial charge on any atom is 0.329 e. The molecule has 1 amide bonds. The maximum atomic E-state index is 12.1. The lowest BCUT2D eigenvalue weighted by molar-refractivity contribution is -0.142. The molecule has 0 fully saturated rings. The number of carboxylic acid groups (broad SMARTS) is 1. The summed E-state index contributed by atoms with van der Waals surface area (Å²) in [6, 6.07) is 13.4. The van der Waals surface area contributed by atoms with Crippen LogP contribution >= 0.6 is 15.9 Å². The van der Waals surface area contributed by atoms with Gasteiger partial charge in [0, 0.05) is 10.0 Å². The largest absolute Gasteiger partial charge is 0.480 e. The minimum atomic E-state index is -1.43. The van der Waals surface area contributed by atoms with Gasteiger partial charge in [0.25, 0.3) is 5.91 Å². The molecule has 0 aliphatic carbocycles. The molecule has 5 nitrogen and oxygen atoms in total. The Bertz CT molecular complexity index is 658. The van der Waals surface area contributed by atoms with Crippen LogP contribution in [-0.4, -0.2) is 28.1 Å². The topological polar surface area (TPSA) is 86.6 Å². The van der Waals surface area contributed by atoms with Gasteiger partial charge in [-0.1, -0.05) is 46.3 Å². The van der Waals surface area contributed by atoms with Crippen LogP contribution in [0.25, 0.3) is 0 Å². The van der Waals surface area contributed by atoms with Crippen LogP contribution in [0.5, 0.6) is 0 Å². The molecule has 0 saturated carbocycles. The number of hydrogen-bond acceptors (Lipinski definition) is 3. The van der Waals surface area contributed by atoms with Crippen molar-refractivity contribution in [1.82, 2.24) is 5.32 Å². The molecule has 2 aromatic carbocycles. The Morgan fingerprint density at radius 2 is 1.59 bits per heavy atom. The van der Waals surface area contributed by atoms with Crippen molar-refractivity contribution < 1.29 is 19.8 Å². The molecule has 3 N–H and O–H groups in total. The van der Waals surface area contributed by atoms with Gasteiger partial charge in [0.1, 0.15) is 6.10 Å². The Labute approximate surface area is 135 Å². The Morgan fingerprint density at radius 1 is 1.00 bits per heavy atom. The molecule has 2 rings (SSSR count). The number of rotatable bonds is 5. The van der Waals surface area contributed by atoms with Crippen LogP contribution in [0.3, 0.4) is 0 Å². The van der Waals surface area contributed by atoms with E-state index in [0.29, 0.717) is 11.1 Å². The van der Waals surface area contributed by atoms with Gasteiger partial charge in [-0.3, -0.25) is 4.79 Å². The van der Waals surface area contributed by atoms with E-state index in [0.717, 1.165) is 4.47 Å². The summed E-state index contributed by atoms with van der Waals surface area (Å²) in [6.45, 7) is 0. The van der Waals surface area contributed by atoms with Gasteiger partial charge in [-0.05, 0) is 29.8 Å². The molecule has 0 saturated heterocycles. The molecule has 0 aliphatic rings. The zero-order chi connectivity index (χ0) is 16.1. The zero-order valence-electron chi connectivity index (χ0n) is 11.4. The van der Waals surface area contributed by atoms with Gasteiger partial charge in [-0.15, -0.1) is 0 Å². The summed E-state index contributed by atoms with van der Waals surface area (Å²) in [7, 11) is 0. The molecular formula is C16H14BrNO4. The Hall–Kier alpha value is -2.18. The average Bonchev–Trinajstić information content (AvgIpc) is 2.53. The normalized spacial score (nSPS) is 13.2. The monoisotopic (exact) mass is 363 g/mol. The van der Waals surface area contributed by atoms with Crippen molar-refractivity contribution in [3.05, 3.63) is 70.2 Å². The third kappa shape index (κ3) is 3.93. The molecule has 0 heterocycles. The Balaban J connectivity index is 2.17. The highest BCUT2D eigenvalue weighted by atomic mass is 79.9. The van der Waals surface area contributed by atoms with E-state index < -0.39 is 24.0 Å². The summed E-state index contributed by atoms with van der Waals surface area (Å²) in [5.41, 5.74) is 0.737. The van der Waals surface area contributed by atoms with E-state index in [2.05, 4.69) is 21.2 Å². The first-order chi connectivity index (χ1) is 10.5. The third-order valence-corrected chi connectivity index (χ3v) is 3.64. The zero-order valence-corrected chi connectivity index (χ0v) is 13.0. The number of nitrogens with one attached hydrogen (secondary N) is 1. The van der Waals surface area contributed by atoms with E-state index in [-0.39, 0.29) is 0 Å². The van der Waals surface area contributed by atoms with E-state index in [4.69, 9.17) is 0 Å². The summed E-state index contributed by atoms with van der Waals surface area (Å²) in [6.07, 6.45) is -1.34. The van der Waals surface area contributed by atoms with E-state index in [9.17, 15) is 19.8 Å². The van der Waals surface area contributed by atoms with Crippen LogP contribution in [0.2, 0.25) is 0 Å². The number of carbonyl (C=O) groups excluding carboxylic acids is 1. The summed E-state index contributed by atoms with van der Waals surface area (Å²) in [5, 5.41) is 21.8. The van der Waals surface area contributed by atoms with Crippen molar-refractivity contribution in [3.8, 4) is 0 Å². The summed E-state index contributed by atoms with van der Waals surface area (Å²) in [4.78, 5) is 23.5. The van der Waals surface area contributed by atoms with Crippen LogP contribution < -0.4 is 5.32 Å². The van der Waals surface area contributed by atoms with Gasteiger partial charge in [0.2, 0.25) is 0 Å². The van der Waals surface area contributed by atoms with Crippen molar-refractivity contribution in [1.29, 1.82) is 0 Å². The number of aliphatic carboxylic acids is 1. The van der Waals surface area contributed by atoms with Gasteiger partial charge >= 0.3 is 5.97 Å². The van der Waals surface area contributed by atoms with Crippen LogP contribution in [-0.2, 0) is 4.79 Å². The second-order valence-corrected chi connectivity index (χ2v) is 5.57. The second-order valence-electron chi connectivity index (χ2n) is 4.65. The van der Waals surface area contributed by atoms with Gasteiger partial charge in [0.15, 0.2) is 6.04 Å². The van der Waals surface area contributed by atoms with Crippen LogP contribution in [0.1, 0.15) is 22.0 Å². The number of benzene rings is 2. The lowest BCUT2D eigenvalue weighted by Gasteiger charge is -2.20. The SMILES string of the molecule is O=C(NC(C(=O)O)C(O)c1ccccc1)c1ccc(Br)cc1. The van der Waals surface area contributed by atoms with Gasteiger partial charge in [-0.2, -0.15) is 0 Å². The van der Waals surface area contributed by atoms with E-state index in [1.165, 1.54) is 0 Å². The summed E-state index contributed by atoms with van der Waals surface area (Å²) < 4.78 is 0.808. The smallest absolute Gasteiger partial charge is 0.329 e. The fraction of sp³-hybridized carbons (Fsp3) is 0.125. The standard InChI is InChI=1S/C16H14BrNO4/c17-12-8-6-11(7-9-12)15(20)18-13(16(21)22)14(19)10-4-2-1-3-5-10/h1-9,13-14,19H,(H,18,20)(H,21,22). The highest BCUT2D eigenvalue weighted by molar-refractivity contribution is 9.10.